The number of benzene rings is 1. The Morgan fingerprint density at radius 1 is 1.32 bits per heavy atom. The summed E-state index contributed by atoms with van der Waals surface area (Å²) in [4.78, 5) is 23.2. The Morgan fingerprint density at radius 2 is 2.18 bits per heavy atom. The number of fused-ring (bicyclic) bond motifs is 1. The molecule has 28 heavy (non-hydrogen) atoms. The van der Waals surface area contributed by atoms with Gasteiger partial charge in [-0.05, 0) is 49.2 Å². The number of anilines is 3. The molecule has 2 aromatic rings. The Bertz CT molecular complexity index is 938. The van der Waals surface area contributed by atoms with E-state index in [0.717, 1.165) is 48.7 Å². The van der Waals surface area contributed by atoms with E-state index < -0.39 is 0 Å². The lowest BCUT2D eigenvalue weighted by Crippen LogP contribution is -2.41. The highest BCUT2D eigenvalue weighted by Crippen LogP contribution is 2.30. The fourth-order valence-corrected chi connectivity index (χ4v) is 3.85. The number of aryl methyl sites for hydroxylation is 1. The van der Waals surface area contributed by atoms with E-state index in [-0.39, 0.29) is 11.9 Å². The van der Waals surface area contributed by atoms with Gasteiger partial charge < -0.3 is 15.0 Å². The standard InChI is InChI=1S/C22H26N4O2/c1-14-10-18(4-5-21(14)26-8-9-28-15(2)13-26)24-22-19-12-23-7-6-17(19)11-20(25-22)16(3)27/h4-5,7,10-11,15H,6,8-9,12-13H2,1-3H3,(H,24,25)/t15-/m1/s1. The largest absolute Gasteiger partial charge is 0.375 e. The van der Waals surface area contributed by atoms with Gasteiger partial charge in [0.2, 0.25) is 0 Å². The summed E-state index contributed by atoms with van der Waals surface area (Å²) in [5, 5.41) is 3.43. The third-order valence-corrected chi connectivity index (χ3v) is 5.31. The highest BCUT2D eigenvalue weighted by molar-refractivity contribution is 5.93. The maximum absolute atomic E-state index is 11.9. The molecule has 0 bridgehead atoms. The Hall–Kier alpha value is -2.73. The number of nitrogens with one attached hydrogen (secondary N) is 1. The van der Waals surface area contributed by atoms with Gasteiger partial charge >= 0.3 is 0 Å². The van der Waals surface area contributed by atoms with Gasteiger partial charge in [-0.15, -0.1) is 0 Å². The van der Waals surface area contributed by atoms with Crippen molar-refractivity contribution in [2.24, 2.45) is 4.99 Å². The summed E-state index contributed by atoms with van der Waals surface area (Å²) in [6.45, 7) is 8.95. The van der Waals surface area contributed by atoms with Crippen molar-refractivity contribution in [2.75, 3.05) is 29.9 Å². The van der Waals surface area contributed by atoms with Gasteiger partial charge in [0.15, 0.2) is 5.78 Å². The molecule has 1 aromatic heterocycles. The predicted molar refractivity (Wildman–Crippen MR) is 112 cm³/mol. The molecule has 146 valence electrons. The Morgan fingerprint density at radius 3 is 2.93 bits per heavy atom. The maximum atomic E-state index is 11.9. The first kappa shape index (κ1) is 18.6. The van der Waals surface area contributed by atoms with Crippen LogP contribution in [0.1, 0.15) is 41.0 Å². The van der Waals surface area contributed by atoms with Crippen LogP contribution in [0.25, 0.3) is 0 Å². The summed E-state index contributed by atoms with van der Waals surface area (Å²) in [7, 11) is 0. The number of pyridine rings is 1. The first-order valence-corrected chi connectivity index (χ1v) is 9.77. The maximum Gasteiger partial charge on any atom is 0.178 e. The van der Waals surface area contributed by atoms with Crippen LogP contribution in [-0.2, 0) is 17.7 Å². The van der Waals surface area contributed by atoms with E-state index in [4.69, 9.17) is 4.74 Å². The Balaban J connectivity index is 1.62. The number of ketones is 1. The van der Waals surface area contributed by atoms with E-state index in [0.29, 0.717) is 12.2 Å². The molecular formula is C22H26N4O2. The minimum Gasteiger partial charge on any atom is -0.375 e. The summed E-state index contributed by atoms with van der Waals surface area (Å²) in [5.74, 6) is 0.702. The summed E-state index contributed by atoms with van der Waals surface area (Å²) in [5.41, 5.74) is 6.08. The number of carbonyl (C=O) groups is 1. The molecule has 1 saturated heterocycles. The van der Waals surface area contributed by atoms with Crippen LogP contribution in [0.5, 0.6) is 0 Å². The second kappa shape index (κ2) is 7.72. The molecule has 0 unspecified atom stereocenters. The molecule has 6 nitrogen and oxygen atoms in total. The zero-order valence-corrected chi connectivity index (χ0v) is 16.7. The molecule has 1 aromatic carbocycles. The van der Waals surface area contributed by atoms with Crippen LogP contribution in [0.4, 0.5) is 17.2 Å². The molecule has 6 heteroatoms. The van der Waals surface area contributed by atoms with E-state index in [2.05, 4.69) is 52.2 Å². The van der Waals surface area contributed by atoms with Crippen LogP contribution < -0.4 is 10.2 Å². The van der Waals surface area contributed by atoms with E-state index >= 15 is 0 Å². The molecule has 2 aliphatic rings. The van der Waals surface area contributed by atoms with Crippen molar-refractivity contribution in [3.05, 3.63) is 46.6 Å². The minimum atomic E-state index is -0.0265. The minimum absolute atomic E-state index is 0.0265. The smallest absolute Gasteiger partial charge is 0.178 e. The van der Waals surface area contributed by atoms with E-state index in [1.807, 2.05) is 12.3 Å². The zero-order valence-electron chi connectivity index (χ0n) is 16.7. The topological polar surface area (TPSA) is 66.8 Å². The first-order valence-electron chi connectivity index (χ1n) is 9.77. The fourth-order valence-electron chi connectivity index (χ4n) is 3.85. The van der Waals surface area contributed by atoms with Gasteiger partial charge in [0, 0.05) is 49.6 Å². The number of hydrogen-bond donors (Lipinski definition) is 1. The van der Waals surface area contributed by atoms with Crippen molar-refractivity contribution in [3.63, 3.8) is 0 Å². The molecule has 0 spiro atoms. The van der Waals surface area contributed by atoms with E-state index in [1.165, 1.54) is 11.3 Å². The van der Waals surface area contributed by atoms with Gasteiger partial charge in [0.05, 0.1) is 19.3 Å². The molecule has 3 heterocycles. The number of aliphatic imine (C=N–C) groups is 1. The lowest BCUT2D eigenvalue weighted by molar-refractivity contribution is 0.0532. The Labute approximate surface area is 165 Å². The van der Waals surface area contributed by atoms with E-state index in [9.17, 15) is 4.79 Å². The zero-order chi connectivity index (χ0) is 19.7. The monoisotopic (exact) mass is 378 g/mol. The number of aromatic nitrogens is 1. The van der Waals surface area contributed by atoms with Crippen LogP contribution in [0.2, 0.25) is 0 Å². The number of rotatable bonds is 4. The summed E-state index contributed by atoms with van der Waals surface area (Å²) >= 11 is 0. The van der Waals surface area contributed by atoms with Gasteiger partial charge in [0.1, 0.15) is 11.5 Å². The van der Waals surface area contributed by atoms with Crippen molar-refractivity contribution < 1.29 is 9.53 Å². The molecule has 1 N–H and O–H groups in total. The van der Waals surface area contributed by atoms with Crippen LogP contribution >= 0.6 is 0 Å². The molecule has 2 aliphatic heterocycles. The third-order valence-electron chi connectivity index (χ3n) is 5.31. The second-order valence-corrected chi connectivity index (χ2v) is 7.53. The lowest BCUT2D eigenvalue weighted by Gasteiger charge is -2.34. The molecule has 1 atom stereocenters. The van der Waals surface area contributed by atoms with Crippen molar-refractivity contribution in [1.82, 2.24) is 4.98 Å². The molecule has 4 rings (SSSR count). The SMILES string of the molecule is CC(=O)c1cc2c(c(Nc3ccc(N4CCO[C@H](C)C4)c(C)c3)n1)CN=CC2. The molecule has 0 amide bonds. The Kier molecular flexibility index (Phi) is 5.13. The quantitative estimate of drug-likeness (QED) is 0.822. The first-order chi connectivity index (χ1) is 13.5. The number of morpholine rings is 1. The van der Waals surface area contributed by atoms with Gasteiger partial charge in [0.25, 0.3) is 0 Å². The lowest BCUT2D eigenvalue weighted by atomic mass is 10.0. The summed E-state index contributed by atoms with van der Waals surface area (Å²) in [6, 6.07) is 8.25. The van der Waals surface area contributed by atoms with Gasteiger partial charge in [-0.25, -0.2) is 4.98 Å². The third kappa shape index (κ3) is 3.78. The fraction of sp³-hybridized carbons (Fsp3) is 0.409. The van der Waals surface area contributed by atoms with Crippen LogP contribution in [0, 0.1) is 6.92 Å². The molecule has 0 saturated carbocycles. The van der Waals surface area contributed by atoms with Gasteiger partial charge in [-0.2, -0.15) is 0 Å². The number of Topliss-reactive ketones (excluding diaryl/α,β-unsaturated/α-hetero) is 1. The number of ether oxygens (including phenoxy) is 1. The highest BCUT2D eigenvalue weighted by atomic mass is 16.5. The highest BCUT2D eigenvalue weighted by Gasteiger charge is 2.19. The molecule has 0 aliphatic carbocycles. The number of nitrogens with zero attached hydrogens (tertiary/aromatic N) is 3. The molecule has 1 fully saturated rings. The van der Waals surface area contributed by atoms with Crippen LogP contribution in [-0.4, -0.2) is 42.8 Å². The number of carbonyl (C=O) groups excluding carboxylic acids is 1. The molecular weight excluding hydrogens is 352 g/mol. The second-order valence-electron chi connectivity index (χ2n) is 7.53. The van der Waals surface area contributed by atoms with Crippen molar-refractivity contribution in [1.29, 1.82) is 0 Å². The normalized spacial score (nSPS) is 18.7. The van der Waals surface area contributed by atoms with Crippen LogP contribution in [0.15, 0.2) is 29.3 Å². The van der Waals surface area contributed by atoms with Gasteiger partial charge in [-0.3, -0.25) is 9.79 Å². The van der Waals surface area contributed by atoms with Gasteiger partial charge in [-0.1, -0.05) is 0 Å². The van der Waals surface area contributed by atoms with E-state index in [1.54, 1.807) is 6.92 Å². The van der Waals surface area contributed by atoms with Crippen LogP contribution in [0.3, 0.4) is 0 Å². The average molecular weight is 378 g/mol. The predicted octanol–water partition coefficient (Wildman–Crippen LogP) is 3.69. The summed E-state index contributed by atoms with van der Waals surface area (Å²) < 4.78 is 5.65. The van der Waals surface area contributed by atoms with Crippen molar-refractivity contribution in [2.45, 2.75) is 39.8 Å². The number of hydrogen-bond acceptors (Lipinski definition) is 6. The summed E-state index contributed by atoms with van der Waals surface area (Å²) in [6.07, 6.45) is 2.88. The van der Waals surface area contributed by atoms with Crippen molar-refractivity contribution in [3.8, 4) is 0 Å². The molecule has 0 radical (unpaired) electrons. The average Bonchev–Trinajstić information content (AvgIpc) is 2.68. The van der Waals surface area contributed by atoms with Crippen molar-refractivity contribution >= 4 is 29.2 Å².